The lowest BCUT2D eigenvalue weighted by Gasteiger charge is -2.21. The SMILES string of the molecule is O=C(O)c1ccnc(NC(=O)C2CCCc3sccc32)c1. The van der Waals surface area contributed by atoms with Gasteiger partial charge >= 0.3 is 5.97 Å². The standard InChI is InChI=1S/C15H14N2O3S/c18-14(11-2-1-3-12-10(11)5-7-21-12)17-13-8-9(15(19)20)4-6-16-13/h4-8,11H,1-3H2,(H,19,20)(H,16,17,18). The molecular weight excluding hydrogens is 288 g/mol. The van der Waals surface area contributed by atoms with Crippen LogP contribution in [0.25, 0.3) is 0 Å². The number of nitrogens with zero attached hydrogens (tertiary/aromatic N) is 1. The minimum atomic E-state index is -1.04. The second-order valence-electron chi connectivity index (χ2n) is 4.97. The van der Waals surface area contributed by atoms with E-state index >= 15 is 0 Å². The number of carbonyl (C=O) groups is 2. The number of aromatic nitrogens is 1. The average Bonchev–Trinajstić information content (AvgIpc) is 2.95. The summed E-state index contributed by atoms with van der Waals surface area (Å²) in [5.74, 6) is -1.05. The lowest BCUT2D eigenvalue weighted by Crippen LogP contribution is -2.24. The molecule has 0 radical (unpaired) electrons. The highest BCUT2D eigenvalue weighted by atomic mass is 32.1. The van der Waals surface area contributed by atoms with Gasteiger partial charge in [0, 0.05) is 11.1 Å². The third kappa shape index (κ3) is 2.80. The molecule has 108 valence electrons. The molecule has 0 fully saturated rings. The van der Waals surface area contributed by atoms with Crippen LogP contribution in [0.4, 0.5) is 5.82 Å². The number of fused-ring (bicyclic) bond motifs is 1. The molecule has 2 heterocycles. The second-order valence-corrected chi connectivity index (χ2v) is 5.97. The second kappa shape index (κ2) is 5.65. The van der Waals surface area contributed by atoms with Gasteiger partial charge in [-0.1, -0.05) is 0 Å². The maximum atomic E-state index is 12.4. The first-order valence-electron chi connectivity index (χ1n) is 6.71. The summed E-state index contributed by atoms with van der Waals surface area (Å²) in [6.07, 6.45) is 4.22. The first-order valence-corrected chi connectivity index (χ1v) is 7.59. The van der Waals surface area contributed by atoms with Gasteiger partial charge in [0.15, 0.2) is 0 Å². The Morgan fingerprint density at radius 2 is 2.24 bits per heavy atom. The molecule has 0 saturated heterocycles. The van der Waals surface area contributed by atoms with Crippen LogP contribution in [-0.2, 0) is 11.2 Å². The van der Waals surface area contributed by atoms with E-state index in [0.29, 0.717) is 0 Å². The van der Waals surface area contributed by atoms with Gasteiger partial charge in [0.2, 0.25) is 5.91 Å². The Kier molecular flexibility index (Phi) is 3.70. The summed E-state index contributed by atoms with van der Waals surface area (Å²) in [7, 11) is 0. The van der Waals surface area contributed by atoms with E-state index < -0.39 is 5.97 Å². The smallest absolute Gasteiger partial charge is 0.335 e. The monoisotopic (exact) mass is 302 g/mol. The van der Waals surface area contributed by atoms with Crippen LogP contribution >= 0.6 is 11.3 Å². The molecule has 2 N–H and O–H groups in total. The predicted octanol–water partition coefficient (Wildman–Crippen LogP) is 2.90. The van der Waals surface area contributed by atoms with Crippen LogP contribution in [0.5, 0.6) is 0 Å². The Morgan fingerprint density at radius 3 is 3.05 bits per heavy atom. The summed E-state index contributed by atoms with van der Waals surface area (Å²) in [6, 6.07) is 4.78. The third-order valence-corrected chi connectivity index (χ3v) is 4.62. The van der Waals surface area contributed by atoms with Crippen molar-refractivity contribution >= 4 is 29.0 Å². The van der Waals surface area contributed by atoms with Crippen molar-refractivity contribution in [3.63, 3.8) is 0 Å². The van der Waals surface area contributed by atoms with Crippen molar-refractivity contribution in [2.24, 2.45) is 0 Å². The van der Waals surface area contributed by atoms with Crippen LogP contribution in [-0.4, -0.2) is 22.0 Å². The largest absolute Gasteiger partial charge is 0.478 e. The summed E-state index contributed by atoms with van der Waals surface area (Å²) < 4.78 is 0. The first-order chi connectivity index (χ1) is 10.1. The van der Waals surface area contributed by atoms with Crippen molar-refractivity contribution in [2.45, 2.75) is 25.2 Å². The molecule has 1 aliphatic carbocycles. The molecule has 0 aliphatic heterocycles. The number of hydrogen-bond donors (Lipinski definition) is 2. The number of carboxylic acids is 1. The normalized spacial score (nSPS) is 17.0. The molecule has 0 bridgehead atoms. The van der Waals surface area contributed by atoms with Crippen molar-refractivity contribution in [3.8, 4) is 0 Å². The molecule has 21 heavy (non-hydrogen) atoms. The highest BCUT2D eigenvalue weighted by Crippen LogP contribution is 2.35. The van der Waals surface area contributed by atoms with Crippen LogP contribution in [0, 0.1) is 0 Å². The van der Waals surface area contributed by atoms with E-state index in [9.17, 15) is 9.59 Å². The summed E-state index contributed by atoms with van der Waals surface area (Å²) in [5, 5.41) is 13.7. The van der Waals surface area contributed by atoms with Crippen molar-refractivity contribution in [1.29, 1.82) is 0 Å². The van der Waals surface area contributed by atoms with Crippen molar-refractivity contribution in [2.75, 3.05) is 5.32 Å². The molecule has 5 nitrogen and oxygen atoms in total. The molecule has 6 heteroatoms. The number of aromatic carboxylic acids is 1. The van der Waals surface area contributed by atoms with E-state index in [-0.39, 0.29) is 23.2 Å². The first kappa shape index (κ1) is 13.8. The van der Waals surface area contributed by atoms with Crippen LogP contribution in [0.2, 0.25) is 0 Å². The number of nitrogens with one attached hydrogen (secondary N) is 1. The van der Waals surface area contributed by atoms with Crippen LogP contribution < -0.4 is 5.32 Å². The zero-order valence-corrected chi connectivity index (χ0v) is 12.0. The van der Waals surface area contributed by atoms with E-state index in [1.807, 2.05) is 11.4 Å². The Balaban J connectivity index is 1.79. The van der Waals surface area contributed by atoms with Gasteiger partial charge in [0.05, 0.1) is 11.5 Å². The van der Waals surface area contributed by atoms with Crippen molar-refractivity contribution < 1.29 is 14.7 Å². The summed E-state index contributed by atoms with van der Waals surface area (Å²) >= 11 is 1.69. The van der Waals surface area contributed by atoms with Gasteiger partial charge in [0.25, 0.3) is 0 Å². The number of amides is 1. The van der Waals surface area contributed by atoms with Crippen molar-refractivity contribution in [1.82, 2.24) is 4.98 Å². The van der Waals surface area contributed by atoms with Gasteiger partial charge in [-0.05, 0) is 48.4 Å². The fourth-order valence-corrected chi connectivity index (χ4v) is 3.59. The average molecular weight is 302 g/mol. The maximum absolute atomic E-state index is 12.4. The molecule has 0 aromatic carbocycles. The lowest BCUT2D eigenvalue weighted by molar-refractivity contribution is -0.117. The number of rotatable bonds is 3. The van der Waals surface area contributed by atoms with Crippen LogP contribution in [0.1, 0.15) is 39.6 Å². The Bertz CT molecular complexity index is 696. The third-order valence-electron chi connectivity index (χ3n) is 3.63. The van der Waals surface area contributed by atoms with Gasteiger partial charge < -0.3 is 10.4 Å². The Labute approximate surface area is 125 Å². The molecule has 1 unspecified atom stereocenters. The summed E-state index contributed by atoms with van der Waals surface area (Å²) in [6.45, 7) is 0. The molecule has 1 atom stereocenters. The Morgan fingerprint density at radius 1 is 1.38 bits per heavy atom. The molecule has 3 rings (SSSR count). The fraction of sp³-hybridized carbons (Fsp3) is 0.267. The topological polar surface area (TPSA) is 79.3 Å². The van der Waals surface area contributed by atoms with Gasteiger partial charge in [-0.25, -0.2) is 9.78 Å². The quantitative estimate of drug-likeness (QED) is 0.913. The van der Waals surface area contributed by atoms with Gasteiger partial charge in [-0.3, -0.25) is 4.79 Å². The highest BCUT2D eigenvalue weighted by molar-refractivity contribution is 7.10. The molecule has 2 aromatic rings. The fourth-order valence-electron chi connectivity index (χ4n) is 2.60. The number of thiophene rings is 1. The van der Waals surface area contributed by atoms with E-state index in [4.69, 9.17) is 5.11 Å². The number of aryl methyl sites for hydroxylation is 1. The molecule has 1 aliphatic rings. The number of carboxylic acid groups (broad SMARTS) is 1. The highest BCUT2D eigenvalue weighted by Gasteiger charge is 2.27. The summed E-state index contributed by atoms with van der Waals surface area (Å²) in [5.41, 5.74) is 1.21. The molecule has 0 saturated carbocycles. The maximum Gasteiger partial charge on any atom is 0.335 e. The summed E-state index contributed by atoms with van der Waals surface area (Å²) in [4.78, 5) is 28.6. The number of pyridine rings is 1. The number of hydrogen-bond acceptors (Lipinski definition) is 4. The zero-order valence-electron chi connectivity index (χ0n) is 11.2. The lowest BCUT2D eigenvalue weighted by atomic mass is 9.87. The molecular formula is C15H14N2O3S. The van der Waals surface area contributed by atoms with E-state index in [0.717, 1.165) is 24.8 Å². The van der Waals surface area contributed by atoms with Gasteiger partial charge in [0.1, 0.15) is 5.82 Å². The van der Waals surface area contributed by atoms with Gasteiger partial charge in [-0.15, -0.1) is 11.3 Å². The minimum absolute atomic E-state index is 0.111. The van der Waals surface area contributed by atoms with Crippen LogP contribution in [0.3, 0.4) is 0 Å². The zero-order chi connectivity index (χ0) is 14.8. The van der Waals surface area contributed by atoms with Crippen LogP contribution in [0.15, 0.2) is 29.8 Å². The van der Waals surface area contributed by atoms with E-state index in [1.54, 1.807) is 11.3 Å². The van der Waals surface area contributed by atoms with Crippen molar-refractivity contribution in [3.05, 3.63) is 45.8 Å². The molecule has 0 spiro atoms. The minimum Gasteiger partial charge on any atom is -0.478 e. The van der Waals surface area contributed by atoms with E-state index in [1.165, 1.54) is 23.2 Å². The van der Waals surface area contributed by atoms with E-state index in [2.05, 4.69) is 10.3 Å². The number of anilines is 1. The van der Waals surface area contributed by atoms with Gasteiger partial charge in [-0.2, -0.15) is 0 Å². The molecule has 2 aromatic heterocycles. The molecule has 1 amide bonds. The predicted molar refractivity (Wildman–Crippen MR) is 79.8 cm³/mol. The Hall–Kier alpha value is -2.21. The number of carbonyl (C=O) groups excluding carboxylic acids is 1.